The normalized spacial score (nSPS) is 55.6. The lowest BCUT2D eigenvalue weighted by molar-refractivity contribution is -0.373. The number of ether oxygens (including phenoxy) is 5. The summed E-state index contributed by atoms with van der Waals surface area (Å²) >= 11 is 0. The summed E-state index contributed by atoms with van der Waals surface area (Å²) in [6, 6.07) is 0. The lowest BCUT2D eigenvalue weighted by Crippen LogP contribution is -2.63. The van der Waals surface area contributed by atoms with Crippen LogP contribution in [0.5, 0.6) is 0 Å². The fourth-order valence-electron chi connectivity index (χ4n) is 4.08. The highest BCUT2D eigenvalue weighted by atomic mass is 16.8. The number of aliphatic hydroxyl groups is 7. The van der Waals surface area contributed by atoms with Crippen LogP contribution in [0.2, 0.25) is 0 Å². The quantitative estimate of drug-likeness (QED) is 0.213. The van der Waals surface area contributed by atoms with Crippen molar-refractivity contribution in [3.63, 3.8) is 0 Å². The first-order valence-electron chi connectivity index (χ1n) is 10.3. The van der Waals surface area contributed by atoms with Crippen molar-refractivity contribution in [1.29, 1.82) is 0 Å². The van der Waals surface area contributed by atoms with Gasteiger partial charge >= 0.3 is 0 Å². The Morgan fingerprint density at radius 2 is 1.35 bits per heavy atom. The van der Waals surface area contributed by atoms with Crippen LogP contribution in [0.4, 0.5) is 0 Å². The van der Waals surface area contributed by atoms with Crippen LogP contribution in [-0.4, -0.2) is 122 Å². The van der Waals surface area contributed by atoms with Gasteiger partial charge in [0.15, 0.2) is 5.79 Å². The average Bonchev–Trinajstić information content (AvgIpc) is 3.06. The maximum atomic E-state index is 10.7. The predicted molar refractivity (Wildman–Crippen MR) is 100 cm³/mol. The Kier molecular flexibility index (Phi) is 7.06. The van der Waals surface area contributed by atoms with E-state index in [1.807, 2.05) is 0 Å². The van der Waals surface area contributed by atoms with E-state index >= 15 is 0 Å². The van der Waals surface area contributed by atoms with E-state index in [0.717, 1.165) is 0 Å². The standard InChI is InChI=1S/C19H34O12/c1-8-5-27-18(26,15(24)11(8)20)6-29-19(16(25)13(22)10(3)31-19)7-28-17(4)14(23)12(21)9(2)30-17/h8-16,20-26H,5-7H2,1-4H3/t8-,9-,10-,11?,12?,13?,14?,15?,16?,17-,18?,19-/m1/s1. The van der Waals surface area contributed by atoms with Crippen molar-refractivity contribution in [2.45, 2.75) is 93.9 Å². The third-order valence-electron chi connectivity index (χ3n) is 6.45. The Morgan fingerprint density at radius 3 is 1.87 bits per heavy atom. The first-order valence-corrected chi connectivity index (χ1v) is 10.3. The minimum atomic E-state index is -2.31. The highest BCUT2D eigenvalue weighted by molar-refractivity contribution is 4.99. The topological polar surface area (TPSA) is 188 Å². The lowest BCUT2D eigenvalue weighted by Gasteiger charge is -2.44. The van der Waals surface area contributed by atoms with E-state index in [2.05, 4.69) is 0 Å². The Hall–Kier alpha value is -0.480. The van der Waals surface area contributed by atoms with Crippen LogP contribution >= 0.6 is 0 Å². The van der Waals surface area contributed by atoms with Gasteiger partial charge in [-0.15, -0.1) is 0 Å². The number of aliphatic hydroxyl groups excluding tert-OH is 6. The minimum absolute atomic E-state index is 0.0576. The number of hydrogen-bond acceptors (Lipinski definition) is 12. The van der Waals surface area contributed by atoms with Gasteiger partial charge in [0.2, 0.25) is 11.6 Å². The second-order valence-corrected chi connectivity index (χ2v) is 8.99. The molecule has 0 saturated carbocycles. The zero-order valence-corrected chi connectivity index (χ0v) is 18.0. The van der Waals surface area contributed by atoms with E-state index in [-0.39, 0.29) is 6.61 Å². The van der Waals surface area contributed by atoms with E-state index in [1.165, 1.54) is 13.8 Å². The third kappa shape index (κ3) is 4.37. The maximum Gasteiger partial charge on any atom is 0.222 e. The largest absolute Gasteiger partial charge is 0.390 e. The summed E-state index contributed by atoms with van der Waals surface area (Å²) in [6.07, 6.45) is -10.2. The molecule has 0 radical (unpaired) electrons. The zero-order chi connectivity index (χ0) is 23.4. The maximum absolute atomic E-state index is 10.7. The van der Waals surface area contributed by atoms with Gasteiger partial charge in [0.1, 0.15) is 43.7 Å². The molecule has 0 bridgehead atoms. The summed E-state index contributed by atoms with van der Waals surface area (Å²) in [6.45, 7) is 4.68. The van der Waals surface area contributed by atoms with Crippen molar-refractivity contribution < 1.29 is 59.4 Å². The highest BCUT2D eigenvalue weighted by Crippen LogP contribution is 2.39. The molecule has 3 heterocycles. The molecule has 3 aliphatic rings. The fourth-order valence-corrected chi connectivity index (χ4v) is 4.08. The molecule has 0 aromatic heterocycles. The van der Waals surface area contributed by atoms with Gasteiger partial charge in [0.05, 0.1) is 24.9 Å². The van der Waals surface area contributed by atoms with Gasteiger partial charge in [-0.25, -0.2) is 0 Å². The molecule has 7 N–H and O–H groups in total. The predicted octanol–water partition coefficient (Wildman–Crippen LogP) is -3.21. The van der Waals surface area contributed by atoms with Crippen LogP contribution < -0.4 is 0 Å². The SMILES string of the molecule is C[C@@H]1COC(O)(CO[C@]2(CO[C@]3(C)O[C@H](C)C(O)C3O)O[C@H](C)C(O)C2O)C(O)C1O. The second kappa shape index (κ2) is 8.70. The molecule has 0 aromatic carbocycles. The van der Waals surface area contributed by atoms with Crippen LogP contribution in [0.25, 0.3) is 0 Å². The van der Waals surface area contributed by atoms with E-state index in [4.69, 9.17) is 23.7 Å². The van der Waals surface area contributed by atoms with Crippen molar-refractivity contribution in [1.82, 2.24) is 0 Å². The molecule has 0 spiro atoms. The summed E-state index contributed by atoms with van der Waals surface area (Å²) in [7, 11) is 0. The van der Waals surface area contributed by atoms with Crippen molar-refractivity contribution in [2.24, 2.45) is 5.92 Å². The Morgan fingerprint density at radius 1 is 0.774 bits per heavy atom. The van der Waals surface area contributed by atoms with Gasteiger partial charge < -0.3 is 59.4 Å². The number of rotatable bonds is 6. The summed E-state index contributed by atoms with van der Waals surface area (Å²) in [5, 5.41) is 72.1. The second-order valence-electron chi connectivity index (χ2n) is 8.99. The molecule has 0 aromatic rings. The van der Waals surface area contributed by atoms with Crippen molar-refractivity contribution in [2.75, 3.05) is 19.8 Å². The highest BCUT2D eigenvalue weighted by Gasteiger charge is 2.59. The summed E-state index contributed by atoms with van der Waals surface area (Å²) in [4.78, 5) is 0. The van der Waals surface area contributed by atoms with Gasteiger partial charge in [-0.1, -0.05) is 6.92 Å². The van der Waals surface area contributed by atoms with Crippen LogP contribution in [-0.2, 0) is 23.7 Å². The first kappa shape index (κ1) is 25.1. The molecule has 7 unspecified atom stereocenters. The minimum Gasteiger partial charge on any atom is -0.390 e. The summed E-state index contributed by atoms with van der Waals surface area (Å²) < 4.78 is 27.7. The smallest absolute Gasteiger partial charge is 0.222 e. The molecule has 0 aliphatic carbocycles. The first-order chi connectivity index (χ1) is 14.3. The Bertz CT molecular complexity index is 637. The Labute approximate surface area is 179 Å². The summed E-state index contributed by atoms with van der Waals surface area (Å²) in [5.74, 6) is -6.44. The molecular formula is C19H34O12. The van der Waals surface area contributed by atoms with E-state index in [0.29, 0.717) is 0 Å². The molecule has 12 atom stereocenters. The van der Waals surface area contributed by atoms with Gasteiger partial charge in [0, 0.05) is 5.92 Å². The van der Waals surface area contributed by atoms with Crippen molar-refractivity contribution >= 4 is 0 Å². The molecule has 0 amide bonds. The van der Waals surface area contributed by atoms with Crippen molar-refractivity contribution in [3.05, 3.63) is 0 Å². The van der Waals surface area contributed by atoms with Gasteiger partial charge in [-0.2, -0.15) is 0 Å². The van der Waals surface area contributed by atoms with E-state index < -0.39 is 85.3 Å². The zero-order valence-electron chi connectivity index (χ0n) is 18.0. The molecule has 12 heteroatoms. The van der Waals surface area contributed by atoms with Crippen molar-refractivity contribution in [3.8, 4) is 0 Å². The van der Waals surface area contributed by atoms with Gasteiger partial charge in [-0.3, -0.25) is 0 Å². The molecule has 12 nitrogen and oxygen atoms in total. The molecule has 3 fully saturated rings. The van der Waals surface area contributed by atoms with Crippen LogP contribution in [0.3, 0.4) is 0 Å². The van der Waals surface area contributed by atoms with E-state index in [9.17, 15) is 35.7 Å². The summed E-state index contributed by atoms with van der Waals surface area (Å²) in [5.41, 5.74) is 0. The molecule has 3 saturated heterocycles. The van der Waals surface area contributed by atoms with Crippen LogP contribution in [0.15, 0.2) is 0 Å². The van der Waals surface area contributed by atoms with Crippen LogP contribution in [0.1, 0.15) is 27.7 Å². The average molecular weight is 454 g/mol. The number of hydrogen-bond donors (Lipinski definition) is 7. The fraction of sp³-hybridized carbons (Fsp3) is 1.00. The van der Waals surface area contributed by atoms with Crippen LogP contribution in [0, 0.1) is 5.92 Å². The Balaban J connectivity index is 1.76. The molecule has 31 heavy (non-hydrogen) atoms. The van der Waals surface area contributed by atoms with E-state index in [1.54, 1.807) is 13.8 Å². The molecule has 3 rings (SSSR count). The van der Waals surface area contributed by atoms with Gasteiger partial charge in [0.25, 0.3) is 0 Å². The molecule has 182 valence electrons. The molecule has 3 aliphatic heterocycles. The monoisotopic (exact) mass is 454 g/mol. The van der Waals surface area contributed by atoms with Gasteiger partial charge in [-0.05, 0) is 20.8 Å². The third-order valence-corrected chi connectivity index (χ3v) is 6.45. The molecular weight excluding hydrogens is 420 g/mol. The lowest BCUT2D eigenvalue weighted by atomic mass is 9.92.